The van der Waals surface area contributed by atoms with E-state index in [4.69, 9.17) is 10.9 Å². The minimum Gasteiger partial charge on any atom is -0.396 e. The Morgan fingerprint density at radius 2 is 1.90 bits per heavy atom. The van der Waals surface area contributed by atoms with E-state index in [9.17, 15) is 8.42 Å². The third-order valence-electron chi connectivity index (χ3n) is 2.87. The van der Waals surface area contributed by atoms with Crippen LogP contribution in [-0.2, 0) is 10.0 Å². The number of nitrogens with two attached hydrogens (primary N) is 2. The van der Waals surface area contributed by atoms with Gasteiger partial charge in [0.05, 0.1) is 11.4 Å². The maximum absolute atomic E-state index is 11.4. The molecular formula is C13H24N4O2S. The number of nitrogens with one attached hydrogen (secondary N) is 1. The van der Waals surface area contributed by atoms with Gasteiger partial charge in [-0.15, -0.1) is 0 Å². The average Bonchev–Trinajstić information content (AvgIpc) is 2.24. The molecule has 5 N–H and O–H groups in total. The van der Waals surface area contributed by atoms with Gasteiger partial charge in [-0.05, 0) is 31.6 Å². The Labute approximate surface area is 121 Å². The minimum absolute atomic E-state index is 0.0214. The molecule has 0 aliphatic heterocycles. The third kappa shape index (κ3) is 4.66. The molecule has 0 unspecified atom stereocenters. The predicted octanol–water partition coefficient (Wildman–Crippen LogP) is 0.916. The lowest BCUT2D eigenvalue weighted by molar-refractivity contribution is 0.254. The first-order chi connectivity index (χ1) is 9.03. The van der Waals surface area contributed by atoms with E-state index in [2.05, 4.69) is 24.1 Å². The molecule has 0 heterocycles. The van der Waals surface area contributed by atoms with Crippen LogP contribution in [-0.4, -0.2) is 40.5 Å². The molecule has 0 aliphatic rings. The lowest BCUT2D eigenvalue weighted by Crippen LogP contribution is -2.34. The molecule has 0 bridgehead atoms. The molecule has 0 spiro atoms. The Bertz CT molecular complexity index is 568. The zero-order valence-electron chi connectivity index (χ0n) is 12.5. The number of primary sulfonamides is 1. The van der Waals surface area contributed by atoms with Gasteiger partial charge in [0.25, 0.3) is 0 Å². The first-order valence-corrected chi connectivity index (χ1v) is 7.87. The van der Waals surface area contributed by atoms with Gasteiger partial charge in [-0.2, -0.15) is 0 Å². The lowest BCUT2D eigenvalue weighted by atomic mass is 9.93. The number of rotatable bonds is 6. The molecule has 1 aromatic carbocycles. The molecular weight excluding hydrogens is 276 g/mol. The predicted molar refractivity (Wildman–Crippen MR) is 83.1 cm³/mol. The summed E-state index contributed by atoms with van der Waals surface area (Å²) in [5.41, 5.74) is 6.64. The van der Waals surface area contributed by atoms with Gasteiger partial charge in [0, 0.05) is 13.1 Å². The van der Waals surface area contributed by atoms with Gasteiger partial charge >= 0.3 is 0 Å². The molecule has 0 amide bonds. The highest BCUT2D eigenvalue weighted by Crippen LogP contribution is 2.27. The van der Waals surface area contributed by atoms with Crippen molar-refractivity contribution in [2.24, 2.45) is 10.6 Å². The van der Waals surface area contributed by atoms with Crippen LogP contribution in [0.25, 0.3) is 0 Å². The Hall–Kier alpha value is -1.31. The van der Waals surface area contributed by atoms with Crippen molar-refractivity contribution in [3.05, 3.63) is 18.2 Å². The zero-order valence-corrected chi connectivity index (χ0v) is 13.3. The number of anilines is 2. The number of nitrogens with zero attached hydrogens (tertiary/aromatic N) is 1. The molecule has 6 nitrogen and oxygen atoms in total. The minimum atomic E-state index is -3.80. The van der Waals surface area contributed by atoms with E-state index in [0.717, 1.165) is 6.54 Å². The number of sulfonamides is 1. The van der Waals surface area contributed by atoms with Gasteiger partial charge in [-0.1, -0.05) is 19.9 Å². The summed E-state index contributed by atoms with van der Waals surface area (Å²) in [4.78, 5) is 2.05. The van der Waals surface area contributed by atoms with Crippen LogP contribution in [0, 0.1) is 5.41 Å². The van der Waals surface area contributed by atoms with Crippen molar-refractivity contribution in [1.82, 2.24) is 4.90 Å². The SMILES string of the molecule is CN(C)CC(C)(C)CNc1cccc(S(N)(=O)=O)c1N. The van der Waals surface area contributed by atoms with E-state index in [1.807, 2.05) is 14.1 Å². The first kappa shape index (κ1) is 16.7. The van der Waals surface area contributed by atoms with Crippen molar-refractivity contribution in [3.63, 3.8) is 0 Å². The van der Waals surface area contributed by atoms with E-state index in [1.165, 1.54) is 6.07 Å². The molecule has 114 valence electrons. The Kier molecular flexibility index (Phi) is 5.01. The number of nitrogen functional groups attached to an aromatic ring is 1. The quantitative estimate of drug-likeness (QED) is 0.678. The van der Waals surface area contributed by atoms with E-state index in [0.29, 0.717) is 12.2 Å². The van der Waals surface area contributed by atoms with Crippen molar-refractivity contribution in [2.45, 2.75) is 18.7 Å². The molecule has 0 atom stereocenters. The van der Waals surface area contributed by atoms with E-state index in [1.54, 1.807) is 12.1 Å². The van der Waals surface area contributed by atoms with E-state index >= 15 is 0 Å². The summed E-state index contributed by atoms with van der Waals surface area (Å²) in [5, 5.41) is 8.33. The zero-order chi connectivity index (χ0) is 15.6. The van der Waals surface area contributed by atoms with Gasteiger partial charge in [-0.25, -0.2) is 13.6 Å². The summed E-state index contributed by atoms with van der Waals surface area (Å²) < 4.78 is 22.8. The first-order valence-electron chi connectivity index (χ1n) is 6.33. The van der Waals surface area contributed by atoms with Gasteiger partial charge in [-0.3, -0.25) is 0 Å². The van der Waals surface area contributed by atoms with Crippen molar-refractivity contribution >= 4 is 21.4 Å². The molecule has 0 saturated heterocycles. The van der Waals surface area contributed by atoms with E-state index in [-0.39, 0.29) is 16.0 Å². The molecule has 1 aromatic rings. The van der Waals surface area contributed by atoms with Crippen molar-refractivity contribution in [1.29, 1.82) is 0 Å². The van der Waals surface area contributed by atoms with Crippen LogP contribution in [0.2, 0.25) is 0 Å². The number of hydrogen-bond donors (Lipinski definition) is 3. The summed E-state index contributed by atoms with van der Waals surface area (Å²) in [6.07, 6.45) is 0. The Morgan fingerprint density at radius 3 is 2.40 bits per heavy atom. The largest absolute Gasteiger partial charge is 0.396 e. The molecule has 0 radical (unpaired) electrons. The summed E-state index contributed by atoms with van der Waals surface area (Å²) in [5.74, 6) is 0. The van der Waals surface area contributed by atoms with Crippen LogP contribution in [0.15, 0.2) is 23.1 Å². The highest BCUT2D eigenvalue weighted by atomic mass is 32.2. The molecule has 1 rings (SSSR count). The van der Waals surface area contributed by atoms with Crippen LogP contribution in [0.4, 0.5) is 11.4 Å². The molecule has 20 heavy (non-hydrogen) atoms. The van der Waals surface area contributed by atoms with Crippen LogP contribution < -0.4 is 16.2 Å². The second kappa shape index (κ2) is 5.99. The van der Waals surface area contributed by atoms with E-state index < -0.39 is 10.0 Å². The van der Waals surface area contributed by atoms with Gasteiger partial charge < -0.3 is 16.0 Å². The van der Waals surface area contributed by atoms with Gasteiger partial charge in [0.2, 0.25) is 10.0 Å². The van der Waals surface area contributed by atoms with Gasteiger partial charge in [0.1, 0.15) is 4.90 Å². The van der Waals surface area contributed by atoms with Crippen molar-refractivity contribution < 1.29 is 8.42 Å². The summed E-state index contributed by atoms with van der Waals surface area (Å²) in [6.45, 7) is 5.82. The number of para-hydroxylation sites is 1. The Morgan fingerprint density at radius 1 is 1.30 bits per heavy atom. The third-order valence-corrected chi connectivity index (χ3v) is 3.84. The smallest absolute Gasteiger partial charge is 0.240 e. The number of hydrogen-bond acceptors (Lipinski definition) is 5. The fourth-order valence-corrected chi connectivity index (χ4v) is 2.88. The van der Waals surface area contributed by atoms with Crippen LogP contribution >= 0.6 is 0 Å². The fraction of sp³-hybridized carbons (Fsp3) is 0.538. The maximum atomic E-state index is 11.4. The fourth-order valence-electron chi connectivity index (χ4n) is 2.19. The maximum Gasteiger partial charge on any atom is 0.240 e. The topological polar surface area (TPSA) is 101 Å². The molecule has 7 heteroatoms. The summed E-state index contributed by atoms with van der Waals surface area (Å²) in [6, 6.07) is 4.77. The van der Waals surface area contributed by atoms with Crippen LogP contribution in [0.3, 0.4) is 0 Å². The summed E-state index contributed by atoms with van der Waals surface area (Å²) in [7, 11) is 0.221. The average molecular weight is 300 g/mol. The summed E-state index contributed by atoms with van der Waals surface area (Å²) >= 11 is 0. The molecule has 0 aliphatic carbocycles. The standard InChI is InChI=1S/C13H24N4O2S/c1-13(2,9-17(3)4)8-16-10-6-5-7-11(12(10)14)20(15,18)19/h5-7,16H,8-9,14H2,1-4H3,(H2,15,18,19). The molecule has 0 fully saturated rings. The highest BCUT2D eigenvalue weighted by Gasteiger charge is 2.20. The van der Waals surface area contributed by atoms with Crippen molar-refractivity contribution in [3.8, 4) is 0 Å². The second-order valence-electron chi connectivity index (χ2n) is 6.02. The Balaban J connectivity index is 2.90. The second-order valence-corrected chi connectivity index (χ2v) is 7.55. The molecule has 0 aromatic heterocycles. The van der Waals surface area contributed by atoms with Gasteiger partial charge in [0.15, 0.2) is 0 Å². The normalized spacial score (nSPS) is 12.7. The molecule has 0 saturated carbocycles. The lowest BCUT2D eigenvalue weighted by Gasteiger charge is -2.29. The van der Waals surface area contributed by atoms with Crippen LogP contribution in [0.1, 0.15) is 13.8 Å². The number of benzene rings is 1. The van der Waals surface area contributed by atoms with Crippen molar-refractivity contribution in [2.75, 3.05) is 38.2 Å². The monoisotopic (exact) mass is 300 g/mol. The highest BCUT2D eigenvalue weighted by molar-refractivity contribution is 7.89. The van der Waals surface area contributed by atoms with Crippen LogP contribution in [0.5, 0.6) is 0 Å².